The van der Waals surface area contributed by atoms with E-state index in [1.807, 2.05) is 7.11 Å². The molecule has 51 heavy (non-hydrogen) atoms. The second kappa shape index (κ2) is 16.6. The number of hydrogen-bond donors (Lipinski definition) is 4. The summed E-state index contributed by atoms with van der Waals surface area (Å²) in [4.78, 5) is 36.7. The number of aliphatic hydroxyl groups excluding tert-OH is 2. The van der Waals surface area contributed by atoms with Gasteiger partial charge in [0.25, 0.3) is 0 Å². The minimum atomic E-state index is -0.817. The first-order valence-electron chi connectivity index (χ1n) is 20.8. The van der Waals surface area contributed by atoms with Crippen LogP contribution in [0.1, 0.15) is 111 Å². The molecule has 14 atom stereocenters. The van der Waals surface area contributed by atoms with E-state index in [1.54, 1.807) is 12.0 Å². The number of hydrogen-bond acceptors (Lipinski definition) is 8. The Morgan fingerprint density at radius 2 is 1.75 bits per heavy atom. The van der Waals surface area contributed by atoms with Crippen molar-refractivity contribution in [2.75, 3.05) is 40.9 Å². The molecular formula is C41H72N4O6. The predicted octanol–water partition coefficient (Wildman–Crippen LogP) is 4.62. The molecule has 0 spiro atoms. The third-order valence-corrected chi connectivity index (χ3v) is 15.5. The van der Waals surface area contributed by atoms with Crippen LogP contribution in [0, 0.1) is 58.7 Å². The summed E-state index contributed by atoms with van der Waals surface area (Å²) < 4.78 is 6.40. The van der Waals surface area contributed by atoms with Crippen LogP contribution >= 0.6 is 0 Å². The number of nitrogens with one attached hydrogen (secondary N) is 2. The van der Waals surface area contributed by atoms with Crippen molar-refractivity contribution in [3.8, 4) is 0 Å². The van der Waals surface area contributed by atoms with Crippen LogP contribution in [0.25, 0.3) is 0 Å². The SMILES string of the molecule is COC1C(CN2O[C@@H](CO)C(C(C)O)[C@H]2C(=O)N[C@H]2C[C@H]3C[C@@H]([C@@H]2C)C3(C)C)CCCC1C1CC(C(=O)NCC2CCCCC2)CC(N(C)C)C1. The second-order valence-corrected chi connectivity index (χ2v) is 18.8. The van der Waals surface area contributed by atoms with Crippen molar-refractivity contribution in [1.29, 1.82) is 0 Å². The molecule has 1 heterocycles. The summed E-state index contributed by atoms with van der Waals surface area (Å²) >= 11 is 0. The van der Waals surface area contributed by atoms with Crippen LogP contribution in [0.15, 0.2) is 0 Å². The van der Waals surface area contributed by atoms with Crippen molar-refractivity contribution < 1.29 is 29.4 Å². The zero-order valence-corrected chi connectivity index (χ0v) is 32.9. The molecule has 0 aromatic rings. The van der Waals surface area contributed by atoms with E-state index in [4.69, 9.17) is 9.57 Å². The first-order chi connectivity index (χ1) is 24.3. The maximum Gasteiger partial charge on any atom is 0.240 e. The molecule has 10 heteroatoms. The Balaban J connectivity index is 1.15. The highest BCUT2D eigenvalue weighted by atomic mass is 16.7. The maximum absolute atomic E-state index is 14.3. The van der Waals surface area contributed by atoms with Gasteiger partial charge in [-0.1, -0.05) is 46.5 Å². The average molecular weight is 717 g/mol. The van der Waals surface area contributed by atoms with Crippen LogP contribution in [0.2, 0.25) is 0 Å². The molecule has 292 valence electrons. The summed E-state index contributed by atoms with van der Waals surface area (Å²) in [5.41, 5.74) is 0.323. The number of rotatable bonds is 12. The van der Waals surface area contributed by atoms with E-state index in [0.29, 0.717) is 53.5 Å². The van der Waals surface area contributed by atoms with E-state index in [-0.39, 0.29) is 42.4 Å². The lowest BCUT2D eigenvalue weighted by Gasteiger charge is -2.62. The lowest BCUT2D eigenvalue weighted by molar-refractivity contribution is -0.193. The molecule has 2 amide bonds. The van der Waals surface area contributed by atoms with Gasteiger partial charge in [0.15, 0.2) is 0 Å². The molecule has 7 rings (SSSR count). The standard InChI is InChI=1S/C41H72N4O6/c1-24-33-19-30(41(33,3)4)20-34(24)43-40(49)37-36(25(2)47)35(23-46)51-45(37)22-27-14-11-15-32(38(27)50-7)28-16-29(18-31(17-28)44(5)6)39(48)42-21-26-12-9-8-10-13-26/h24-38,46-47H,8-23H2,1-7H3,(H,42,48)(H,43,49)/t24-,25?,27?,28?,29?,30+,31?,32?,33-,34-,35-,36?,37-,38?/m0/s1. The highest BCUT2D eigenvalue weighted by Gasteiger charge is 2.58. The van der Waals surface area contributed by atoms with Crippen molar-refractivity contribution in [2.45, 2.75) is 148 Å². The van der Waals surface area contributed by atoms with Gasteiger partial charge in [-0.3, -0.25) is 14.4 Å². The van der Waals surface area contributed by atoms with Crippen LogP contribution in [-0.4, -0.2) is 109 Å². The minimum Gasteiger partial charge on any atom is -0.394 e. The Labute approximate surface area is 308 Å². The molecular weight excluding hydrogens is 644 g/mol. The Hall–Kier alpha value is -1.30. The van der Waals surface area contributed by atoms with E-state index in [0.717, 1.165) is 51.5 Å². The van der Waals surface area contributed by atoms with E-state index in [9.17, 15) is 19.8 Å². The van der Waals surface area contributed by atoms with Crippen LogP contribution in [0.5, 0.6) is 0 Å². The highest BCUT2D eigenvalue weighted by molar-refractivity contribution is 5.83. The van der Waals surface area contributed by atoms with Crippen molar-refractivity contribution in [3.05, 3.63) is 0 Å². The molecule has 10 nitrogen and oxygen atoms in total. The monoisotopic (exact) mass is 717 g/mol. The molecule has 7 fully saturated rings. The van der Waals surface area contributed by atoms with Gasteiger partial charge in [-0.25, -0.2) is 0 Å². The van der Waals surface area contributed by atoms with Gasteiger partial charge in [0.05, 0.1) is 18.8 Å². The molecule has 6 aliphatic carbocycles. The van der Waals surface area contributed by atoms with Gasteiger partial charge in [-0.15, -0.1) is 0 Å². The van der Waals surface area contributed by atoms with Gasteiger partial charge < -0.3 is 30.5 Å². The number of hydroxylamine groups is 2. The van der Waals surface area contributed by atoms with Crippen molar-refractivity contribution >= 4 is 11.8 Å². The van der Waals surface area contributed by atoms with Crippen molar-refractivity contribution in [3.63, 3.8) is 0 Å². The van der Waals surface area contributed by atoms with Gasteiger partial charge in [-0.05, 0) is 120 Å². The number of carbonyl (C=O) groups is 2. The van der Waals surface area contributed by atoms with Gasteiger partial charge >= 0.3 is 0 Å². The van der Waals surface area contributed by atoms with Gasteiger partial charge in [0.2, 0.25) is 11.8 Å². The zero-order valence-electron chi connectivity index (χ0n) is 32.9. The summed E-state index contributed by atoms with van der Waals surface area (Å²) in [5.74, 6) is 2.61. The van der Waals surface area contributed by atoms with Gasteiger partial charge in [0.1, 0.15) is 12.1 Å². The Kier molecular flexibility index (Phi) is 12.8. The molecule has 8 unspecified atom stereocenters. The van der Waals surface area contributed by atoms with E-state index < -0.39 is 24.2 Å². The number of ether oxygens (including phenoxy) is 1. The molecule has 2 bridgehead atoms. The third-order valence-electron chi connectivity index (χ3n) is 15.5. The Morgan fingerprint density at radius 3 is 2.37 bits per heavy atom. The lowest BCUT2D eigenvalue weighted by atomic mass is 9.45. The smallest absolute Gasteiger partial charge is 0.240 e. The quantitative estimate of drug-likeness (QED) is 0.231. The van der Waals surface area contributed by atoms with Crippen LogP contribution in [0.3, 0.4) is 0 Å². The van der Waals surface area contributed by atoms with E-state index in [1.165, 1.54) is 38.5 Å². The molecule has 7 aliphatic rings. The third kappa shape index (κ3) is 8.22. The fourth-order valence-electron chi connectivity index (χ4n) is 12.2. The lowest BCUT2D eigenvalue weighted by Crippen LogP contribution is -2.62. The first kappa shape index (κ1) is 39.4. The number of methoxy groups -OCH3 is 1. The summed E-state index contributed by atoms with van der Waals surface area (Å²) in [6.07, 6.45) is 13.0. The first-order valence-corrected chi connectivity index (χ1v) is 20.8. The minimum absolute atomic E-state index is 0.00326. The highest BCUT2D eigenvalue weighted by Crippen LogP contribution is 2.61. The zero-order chi connectivity index (χ0) is 36.6. The Morgan fingerprint density at radius 1 is 1.00 bits per heavy atom. The largest absolute Gasteiger partial charge is 0.394 e. The number of aliphatic hydroxyl groups is 2. The molecule has 1 saturated heterocycles. The van der Waals surface area contributed by atoms with E-state index >= 15 is 0 Å². The average Bonchev–Trinajstić information content (AvgIpc) is 3.49. The van der Waals surface area contributed by atoms with Crippen LogP contribution < -0.4 is 10.6 Å². The molecule has 6 saturated carbocycles. The summed E-state index contributed by atoms with van der Waals surface area (Å²) in [7, 11) is 6.11. The van der Waals surface area contributed by atoms with Gasteiger partial charge in [-0.2, -0.15) is 5.06 Å². The number of carbonyl (C=O) groups excluding carboxylic acids is 2. The second-order valence-electron chi connectivity index (χ2n) is 18.8. The fraction of sp³-hybridized carbons (Fsp3) is 0.951. The summed E-state index contributed by atoms with van der Waals surface area (Å²) in [5, 5.41) is 30.0. The number of nitrogens with zero attached hydrogens (tertiary/aromatic N) is 2. The maximum atomic E-state index is 14.3. The topological polar surface area (TPSA) is 124 Å². The molecule has 0 aromatic heterocycles. The fourth-order valence-corrected chi connectivity index (χ4v) is 12.2. The van der Waals surface area contributed by atoms with Crippen LogP contribution in [0.4, 0.5) is 0 Å². The molecule has 0 aromatic carbocycles. The normalized spacial score (nSPS) is 42.3. The summed E-state index contributed by atoms with van der Waals surface area (Å²) in [6, 6.07) is -0.241. The van der Waals surface area contributed by atoms with Crippen molar-refractivity contribution in [2.24, 2.45) is 58.7 Å². The van der Waals surface area contributed by atoms with E-state index in [2.05, 4.69) is 50.4 Å². The summed E-state index contributed by atoms with van der Waals surface area (Å²) in [6.45, 7) is 9.78. The van der Waals surface area contributed by atoms with Crippen molar-refractivity contribution in [1.82, 2.24) is 20.6 Å². The van der Waals surface area contributed by atoms with Crippen LogP contribution in [-0.2, 0) is 19.2 Å². The number of fused-ring (bicyclic) bond motifs is 2. The molecule has 4 N–H and O–H groups in total. The predicted molar refractivity (Wildman–Crippen MR) is 198 cm³/mol. The Bertz CT molecular complexity index is 1180. The molecule has 0 radical (unpaired) electrons. The van der Waals surface area contributed by atoms with Gasteiger partial charge in [0, 0.05) is 50.0 Å². The number of amides is 2. The molecule has 1 aliphatic heterocycles.